The van der Waals surface area contributed by atoms with E-state index in [0.29, 0.717) is 11.3 Å². The summed E-state index contributed by atoms with van der Waals surface area (Å²) in [7, 11) is 3.53. The topological polar surface area (TPSA) is 74.4 Å². The van der Waals surface area contributed by atoms with Gasteiger partial charge in [-0.1, -0.05) is 0 Å². The van der Waals surface area contributed by atoms with Crippen molar-refractivity contribution in [2.45, 2.75) is 6.54 Å². The lowest BCUT2D eigenvalue weighted by Crippen LogP contribution is -2.77. The summed E-state index contributed by atoms with van der Waals surface area (Å²) in [4.78, 5) is 13.1. The molecule has 0 aliphatic carbocycles. The smallest absolute Gasteiger partial charge is 0.281 e. The Morgan fingerprint density at radius 1 is 1.50 bits per heavy atom. The van der Waals surface area contributed by atoms with Gasteiger partial charge in [-0.15, -0.1) is 5.48 Å². The van der Waals surface area contributed by atoms with E-state index in [1.54, 1.807) is 23.5 Å². The van der Waals surface area contributed by atoms with E-state index in [2.05, 4.69) is 31.0 Å². The normalized spacial score (nSPS) is 10.9. The first kappa shape index (κ1) is 11.2. The Morgan fingerprint density at radius 2 is 2.31 bits per heavy atom. The van der Waals surface area contributed by atoms with Crippen LogP contribution in [0.25, 0.3) is 0 Å². The molecule has 2 heterocycles. The molecule has 0 saturated heterocycles. The Bertz CT molecular complexity index is 479. The third-order valence-electron chi connectivity index (χ3n) is 2.22. The van der Waals surface area contributed by atoms with Gasteiger partial charge in [0.1, 0.15) is 6.33 Å². The van der Waals surface area contributed by atoms with Crippen LogP contribution in [0.4, 0.5) is 5.95 Å². The van der Waals surface area contributed by atoms with E-state index in [0.717, 1.165) is 11.6 Å². The highest BCUT2D eigenvalue weighted by molar-refractivity contribution is 9.10. The van der Waals surface area contributed by atoms with E-state index in [1.807, 2.05) is 11.6 Å². The molecule has 7 nitrogen and oxygen atoms in total. The van der Waals surface area contributed by atoms with Gasteiger partial charge >= 0.3 is 5.95 Å². The van der Waals surface area contributed by atoms with Crippen molar-refractivity contribution in [2.24, 2.45) is 7.05 Å². The van der Waals surface area contributed by atoms with Crippen LogP contribution in [0.2, 0.25) is 0 Å². The third kappa shape index (κ3) is 2.13. The number of nitrogens with zero attached hydrogens (tertiary/aromatic N) is 5. The summed E-state index contributed by atoms with van der Waals surface area (Å²) in [5.41, 5.74) is 2.62. The lowest BCUT2D eigenvalue weighted by molar-refractivity contribution is -0.835. The first-order valence-corrected chi connectivity index (χ1v) is 5.41. The number of hydrogen-bond acceptors (Lipinski definition) is 4. The summed E-state index contributed by atoms with van der Waals surface area (Å²) in [5, 5.41) is 4.08. The van der Waals surface area contributed by atoms with E-state index < -0.39 is 0 Å². The van der Waals surface area contributed by atoms with Gasteiger partial charge < -0.3 is 0 Å². The monoisotopic (exact) mass is 287 g/mol. The average molecular weight is 288 g/mol. The first-order chi connectivity index (χ1) is 7.72. The minimum Gasteiger partial charge on any atom is -0.281 e. The fourth-order valence-corrected chi connectivity index (χ4v) is 1.64. The van der Waals surface area contributed by atoms with E-state index in [1.165, 1.54) is 6.33 Å². The number of nitrogens with two attached hydrogens (primary N) is 1. The second-order valence-electron chi connectivity index (χ2n) is 3.21. The number of quaternary nitrogens is 1. The standard InChI is InChI=1S/C8H11BrN6O/c1-14-6(3-10-8(14)13-16-2)4-15-7(9)11-5-12-15/h3,5H,4H2,1-2H3,(H,10,13)/p+1. The molecule has 0 aliphatic rings. The Labute approximate surface area is 101 Å². The number of halogens is 1. The van der Waals surface area contributed by atoms with Crippen molar-refractivity contribution < 1.29 is 10.3 Å². The van der Waals surface area contributed by atoms with Gasteiger partial charge in [-0.05, 0) is 15.9 Å². The van der Waals surface area contributed by atoms with Crippen molar-refractivity contribution in [2.75, 3.05) is 7.11 Å². The van der Waals surface area contributed by atoms with Gasteiger partial charge in [0.05, 0.1) is 25.5 Å². The summed E-state index contributed by atoms with van der Waals surface area (Å²) < 4.78 is 4.39. The quantitative estimate of drug-likeness (QED) is 0.775. The van der Waals surface area contributed by atoms with Crippen molar-refractivity contribution in [3.05, 3.63) is 23.0 Å². The van der Waals surface area contributed by atoms with Crippen LogP contribution in [0.1, 0.15) is 5.69 Å². The number of aromatic nitrogens is 5. The summed E-state index contributed by atoms with van der Waals surface area (Å²) in [6, 6.07) is 0. The van der Waals surface area contributed by atoms with E-state index >= 15 is 0 Å². The van der Waals surface area contributed by atoms with Crippen LogP contribution in [0, 0.1) is 0 Å². The van der Waals surface area contributed by atoms with Gasteiger partial charge in [0, 0.05) is 7.05 Å². The fraction of sp³-hybridized carbons (Fsp3) is 0.375. The van der Waals surface area contributed by atoms with Crippen LogP contribution in [0.5, 0.6) is 0 Å². The van der Waals surface area contributed by atoms with Gasteiger partial charge in [0.15, 0.2) is 4.73 Å². The molecule has 0 aromatic carbocycles. The van der Waals surface area contributed by atoms with Crippen molar-refractivity contribution in [3.63, 3.8) is 0 Å². The summed E-state index contributed by atoms with van der Waals surface area (Å²) >= 11 is 3.31. The van der Waals surface area contributed by atoms with E-state index in [-0.39, 0.29) is 0 Å². The Hall–Kier alpha value is -1.25. The molecular formula is C8H12BrN6O+. The Kier molecular flexibility index (Phi) is 3.32. The van der Waals surface area contributed by atoms with E-state index in [4.69, 9.17) is 4.84 Å². The minimum absolute atomic E-state index is 0.613. The maximum absolute atomic E-state index is 4.93. The molecule has 86 valence electrons. The molecule has 0 radical (unpaired) electrons. The highest BCUT2D eigenvalue weighted by Crippen LogP contribution is 2.09. The van der Waals surface area contributed by atoms with Gasteiger partial charge in [0.25, 0.3) is 0 Å². The molecule has 0 aliphatic heterocycles. The maximum Gasteiger partial charge on any atom is 0.339 e. The molecule has 0 fully saturated rings. The second-order valence-corrected chi connectivity index (χ2v) is 3.92. The van der Waals surface area contributed by atoms with E-state index in [9.17, 15) is 0 Å². The van der Waals surface area contributed by atoms with Crippen molar-refractivity contribution in [1.29, 1.82) is 0 Å². The van der Waals surface area contributed by atoms with Crippen LogP contribution in [0.15, 0.2) is 17.3 Å². The zero-order chi connectivity index (χ0) is 11.5. The molecule has 2 rings (SSSR count). The van der Waals surface area contributed by atoms with Crippen LogP contribution in [-0.2, 0) is 18.4 Å². The Morgan fingerprint density at radius 3 is 2.94 bits per heavy atom. The van der Waals surface area contributed by atoms with Crippen molar-refractivity contribution in [3.8, 4) is 0 Å². The second kappa shape index (κ2) is 4.73. The molecule has 0 spiro atoms. The minimum atomic E-state index is 0.613. The first-order valence-electron chi connectivity index (χ1n) is 4.62. The predicted molar refractivity (Wildman–Crippen MR) is 58.6 cm³/mol. The summed E-state index contributed by atoms with van der Waals surface area (Å²) in [6.45, 7) is 0.613. The van der Waals surface area contributed by atoms with Crippen LogP contribution in [0.3, 0.4) is 0 Å². The lowest BCUT2D eigenvalue weighted by Gasteiger charge is -2.03. The summed E-state index contributed by atoms with van der Waals surface area (Å²) in [5.74, 6) is 0.772. The molecule has 2 N–H and O–H groups in total. The van der Waals surface area contributed by atoms with Crippen molar-refractivity contribution >= 4 is 21.9 Å². The Balaban J connectivity index is 2.19. The molecule has 16 heavy (non-hydrogen) atoms. The number of hydrogen-bond donors (Lipinski definition) is 1. The molecule has 0 amide bonds. The zero-order valence-electron chi connectivity index (χ0n) is 8.96. The highest BCUT2D eigenvalue weighted by atomic mass is 79.9. The van der Waals surface area contributed by atoms with Crippen LogP contribution in [-0.4, -0.2) is 31.4 Å². The highest BCUT2D eigenvalue weighted by Gasteiger charge is 2.11. The largest absolute Gasteiger partial charge is 0.339 e. The van der Waals surface area contributed by atoms with Crippen LogP contribution < -0.4 is 5.48 Å². The maximum atomic E-state index is 4.93. The zero-order valence-corrected chi connectivity index (χ0v) is 10.5. The van der Waals surface area contributed by atoms with Crippen LogP contribution >= 0.6 is 15.9 Å². The molecule has 0 bridgehead atoms. The molecular weight excluding hydrogens is 276 g/mol. The third-order valence-corrected chi connectivity index (χ3v) is 2.84. The van der Waals surface area contributed by atoms with Gasteiger partial charge in [0.2, 0.25) is 0 Å². The fourth-order valence-electron chi connectivity index (χ4n) is 1.33. The molecule has 2 aromatic rings. The molecule has 0 unspecified atom stereocenters. The predicted octanol–water partition coefficient (Wildman–Crippen LogP) is -0.421. The molecule has 0 atom stereocenters. The van der Waals surface area contributed by atoms with Crippen molar-refractivity contribution in [1.82, 2.24) is 24.3 Å². The summed E-state index contributed by atoms with van der Waals surface area (Å²) in [6.07, 6.45) is 3.29. The lowest BCUT2D eigenvalue weighted by atomic mass is 10.5. The molecule has 2 aromatic heterocycles. The SMILES string of the molecule is CO[NH2+]c1ncc(Cn2ncnc2Br)n1C. The average Bonchev–Trinajstić information content (AvgIpc) is 2.80. The molecule has 0 saturated carbocycles. The van der Waals surface area contributed by atoms with Gasteiger partial charge in [-0.3, -0.25) is 4.57 Å². The van der Waals surface area contributed by atoms with Gasteiger partial charge in [-0.25, -0.2) is 14.5 Å². The number of imidazole rings is 1. The van der Waals surface area contributed by atoms with Gasteiger partial charge in [-0.2, -0.15) is 10.1 Å². The molecule has 8 heteroatoms. The number of rotatable bonds is 4.